The molecular weight excluding hydrogens is 223 g/mol. The van der Waals surface area contributed by atoms with Crippen molar-refractivity contribution in [3.63, 3.8) is 0 Å². The molecular formula is C15H17BO2. The van der Waals surface area contributed by atoms with Crippen molar-refractivity contribution in [3.05, 3.63) is 71.8 Å². The van der Waals surface area contributed by atoms with E-state index in [0.717, 1.165) is 0 Å². The van der Waals surface area contributed by atoms with Gasteiger partial charge in [0.15, 0.2) is 0 Å². The lowest BCUT2D eigenvalue weighted by atomic mass is 10.0. The number of hydrogen-bond acceptors (Lipinski definition) is 2. The van der Waals surface area contributed by atoms with Crippen LogP contribution < -0.4 is 0 Å². The maximum Gasteiger partial charge on any atom is 0.257 e. The normalized spacial score (nSPS) is 10.7. The molecule has 2 aromatic carbocycles. The zero-order valence-corrected chi connectivity index (χ0v) is 10.6. The largest absolute Gasteiger partial charge is 0.442 e. The molecule has 2 aromatic rings. The molecule has 0 bridgehead atoms. The van der Waals surface area contributed by atoms with Crippen molar-refractivity contribution in [2.75, 3.05) is 13.2 Å². The summed E-state index contributed by atoms with van der Waals surface area (Å²) in [6, 6.07) is 20.5. The molecule has 0 fully saturated rings. The van der Waals surface area contributed by atoms with Gasteiger partial charge < -0.3 is 9.39 Å². The summed E-state index contributed by atoms with van der Waals surface area (Å²) in [7, 11) is 1.68. The number of ether oxygens (including phenoxy) is 1. The Labute approximate surface area is 109 Å². The highest BCUT2D eigenvalue weighted by atomic mass is 16.5. The summed E-state index contributed by atoms with van der Waals surface area (Å²) in [6.07, 6.45) is -0.0254. The zero-order valence-electron chi connectivity index (χ0n) is 10.6. The van der Waals surface area contributed by atoms with Crippen LogP contribution in [0.3, 0.4) is 0 Å². The fourth-order valence-electron chi connectivity index (χ4n) is 1.89. The second kappa shape index (κ2) is 6.99. The SMILES string of the molecule is BOCCOC(c1ccccc1)c1ccccc1. The summed E-state index contributed by atoms with van der Waals surface area (Å²) < 4.78 is 11.0. The molecule has 0 atom stereocenters. The van der Waals surface area contributed by atoms with Gasteiger partial charge >= 0.3 is 0 Å². The van der Waals surface area contributed by atoms with Crippen LogP contribution in [0.15, 0.2) is 60.7 Å². The molecule has 0 radical (unpaired) electrons. The van der Waals surface area contributed by atoms with Gasteiger partial charge in [0.05, 0.1) is 13.2 Å². The zero-order chi connectivity index (χ0) is 12.6. The standard InChI is InChI=1S/C15H17BO2/c16-18-12-11-17-15(13-7-3-1-4-8-13)14-9-5-2-6-10-14/h1-10,15H,11-12,16H2. The van der Waals surface area contributed by atoms with Gasteiger partial charge in [-0.15, -0.1) is 0 Å². The van der Waals surface area contributed by atoms with Gasteiger partial charge in [0.25, 0.3) is 8.05 Å². The van der Waals surface area contributed by atoms with E-state index in [1.54, 1.807) is 8.05 Å². The van der Waals surface area contributed by atoms with Crippen molar-refractivity contribution in [3.8, 4) is 0 Å². The molecule has 2 nitrogen and oxygen atoms in total. The van der Waals surface area contributed by atoms with Crippen LogP contribution in [-0.2, 0) is 9.39 Å². The van der Waals surface area contributed by atoms with Crippen LogP contribution in [0.1, 0.15) is 17.2 Å². The number of benzene rings is 2. The molecule has 92 valence electrons. The third-order valence-corrected chi connectivity index (χ3v) is 2.78. The van der Waals surface area contributed by atoms with Gasteiger partial charge in [0, 0.05) is 0 Å². The summed E-state index contributed by atoms with van der Waals surface area (Å²) in [6.45, 7) is 1.20. The van der Waals surface area contributed by atoms with Crippen LogP contribution in [0.5, 0.6) is 0 Å². The monoisotopic (exact) mass is 240 g/mol. The summed E-state index contributed by atoms with van der Waals surface area (Å²) in [5.41, 5.74) is 2.33. The molecule has 18 heavy (non-hydrogen) atoms. The average Bonchev–Trinajstić information content (AvgIpc) is 2.46. The van der Waals surface area contributed by atoms with Crippen molar-refractivity contribution >= 4 is 8.05 Å². The highest BCUT2D eigenvalue weighted by molar-refractivity contribution is 5.97. The van der Waals surface area contributed by atoms with E-state index in [4.69, 9.17) is 9.39 Å². The van der Waals surface area contributed by atoms with Crippen LogP contribution in [0.25, 0.3) is 0 Å². The Morgan fingerprint density at radius 3 is 1.72 bits per heavy atom. The molecule has 0 aliphatic carbocycles. The second-order valence-electron chi connectivity index (χ2n) is 4.06. The van der Waals surface area contributed by atoms with Gasteiger partial charge in [0.1, 0.15) is 6.10 Å². The van der Waals surface area contributed by atoms with Crippen molar-refractivity contribution in [1.82, 2.24) is 0 Å². The van der Waals surface area contributed by atoms with E-state index in [9.17, 15) is 0 Å². The molecule has 0 amide bonds. The Morgan fingerprint density at radius 2 is 1.28 bits per heavy atom. The van der Waals surface area contributed by atoms with Gasteiger partial charge in [-0.2, -0.15) is 0 Å². The topological polar surface area (TPSA) is 18.5 Å². The molecule has 0 heterocycles. The first kappa shape index (κ1) is 12.9. The summed E-state index contributed by atoms with van der Waals surface area (Å²) >= 11 is 0. The minimum atomic E-state index is -0.0254. The van der Waals surface area contributed by atoms with Crippen LogP contribution in [-0.4, -0.2) is 21.3 Å². The molecule has 0 aromatic heterocycles. The Balaban J connectivity index is 2.18. The minimum Gasteiger partial charge on any atom is -0.442 e. The van der Waals surface area contributed by atoms with Crippen LogP contribution in [0.4, 0.5) is 0 Å². The third kappa shape index (κ3) is 3.46. The fraction of sp³-hybridized carbons (Fsp3) is 0.200. The van der Waals surface area contributed by atoms with Crippen molar-refractivity contribution in [2.45, 2.75) is 6.10 Å². The number of hydrogen-bond donors (Lipinski definition) is 0. The summed E-state index contributed by atoms with van der Waals surface area (Å²) in [5, 5.41) is 0. The number of rotatable bonds is 6. The lowest BCUT2D eigenvalue weighted by molar-refractivity contribution is 0.0580. The van der Waals surface area contributed by atoms with E-state index < -0.39 is 0 Å². The predicted octanol–water partition coefficient (Wildman–Crippen LogP) is 2.36. The highest BCUT2D eigenvalue weighted by Crippen LogP contribution is 2.25. The molecule has 0 spiro atoms. The average molecular weight is 240 g/mol. The van der Waals surface area contributed by atoms with Gasteiger partial charge in [0.2, 0.25) is 0 Å². The van der Waals surface area contributed by atoms with Crippen LogP contribution >= 0.6 is 0 Å². The first-order chi connectivity index (χ1) is 8.92. The Hall–Kier alpha value is -1.58. The van der Waals surface area contributed by atoms with E-state index in [-0.39, 0.29) is 6.10 Å². The molecule has 3 heteroatoms. The van der Waals surface area contributed by atoms with E-state index in [1.165, 1.54) is 11.1 Å². The molecule has 0 aliphatic heterocycles. The van der Waals surface area contributed by atoms with Gasteiger partial charge in [-0.3, -0.25) is 0 Å². The van der Waals surface area contributed by atoms with Crippen molar-refractivity contribution in [2.24, 2.45) is 0 Å². The van der Waals surface area contributed by atoms with Gasteiger partial charge in [-0.1, -0.05) is 60.7 Å². The first-order valence-electron chi connectivity index (χ1n) is 6.12. The molecule has 0 saturated heterocycles. The first-order valence-corrected chi connectivity index (χ1v) is 6.12. The van der Waals surface area contributed by atoms with Crippen LogP contribution in [0, 0.1) is 0 Å². The third-order valence-electron chi connectivity index (χ3n) is 2.78. The van der Waals surface area contributed by atoms with E-state index in [2.05, 4.69) is 24.3 Å². The minimum absolute atomic E-state index is 0.0254. The van der Waals surface area contributed by atoms with Crippen molar-refractivity contribution < 1.29 is 9.39 Å². The maximum absolute atomic E-state index is 5.93. The smallest absolute Gasteiger partial charge is 0.257 e. The Kier molecular flexibility index (Phi) is 5.00. The second-order valence-corrected chi connectivity index (χ2v) is 4.06. The van der Waals surface area contributed by atoms with Crippen molar-refractivity contribution in [1.29, 1.82) is 0 Å². The lowest BCUT2D eigenvalue weighted by Crippen LogP contribution is -2.10. The summed E-state index contributed by atoms with van der Waals surface area (Å²) in [5.74, 6) is 0. The molecule has 0 unspecified atom stereocenters. The molecule has 0 saturated carbocycles. The Morgan fingerprint density at radius 1 is 0.778 bits per heavy atom. The van der Waals surface area contributed by atoms with E-state index in [0.29, 0.717) is 13.2 Å². The van der Waals surface area contributed by atoms with Gasteiger partial charge in [-0.05, 0) is 11.1 Å². The fourth-order valence-corrected chi connectivity index (χ4v) is 1.89. The molecule has 0 N–H and O–H groups in total. The van der Waals surface area contributed by atoms with E-state index >= 15 is 0 Å². The van der Waals surface area contributed by atoms with Crippen LogP contribution in [0.2, 0.25) is 0 Å². The predicted molar refractivity (Wildman–Crippen MR) is 75.2 cm³/mol. The molecule has 2 rings (SSSR count). The highest BCUT2D eigenvalue weighted by Gasteiger charge is 2.13. The van der Waals surface area contributed by atoms with E-state index in [1.807, 2.05) is 36.4 Å². The van der Waals surface area contributed by atoms with Gasteiger partial charge in [-0.25, -0.2) is 0 Å². The summed E-state index contributed by atoms with van der Waals surface area (Å²) in [4.78, 5) is 0. The molecule has 0 aliphatic rings. The lowest BCUT2D eigenvalue weighted by Gasteiger charge is -2.18. The Bertz CT molecular complexity index is 405. The quantitative estimate of drug-likeness (QED) is 0.570. The maximum atomic E-state index is 5.93.